The minimum Gasteiger partial charge on any atom is -0.383 e. The summed E-state index contributed by atoms with van der Waals surface area (Å²) in [5.41, 5.74) is 1.38. The number of rotatable bonds is 8. The Morgan fingerprint density at radius 2 is 2.15 bits per heavy atom. The molecular formula is C14H19N3O3. The van der Waals surface area contributed by atoms with Gasteiger partial charge >= 0.3 is 0 Å². The van der Waals surface area contributed by atoms with Crippen LogP contribution >= 0.6 is 0 Å². The molecule has 2 aromatic rings. The van der Waals surface area contributed by atoms with Crippen LogP contribution in [0.15, 0.2) is 28.8 Å². The maximum absolute atomic E-state index is 11.8. The molecule has 20 heavy (non-hydrogen) atoms. The van der Waals surface area contributed by atoms with Crippen LogP contribution in [0.1, 0.15) is 5.69 Å². The van der Waals surface area contributed by atoms with Crippen molar-refractivity contribution in [3.63, 3.8) is 0 Å². The minimum absolute atomic E-state index is 0.0578. The molecule has 108 valence electrons. The Morgan fingerprint density at radius 3 is 3.00 bits per heavy atom. The molecule has 0 saturated carbocycles. The first-order valence-electron chi connectivity index (χ1n) is 6.61. The van der Waals surface area contributed by atoms with Crippen LogP contribution in [-0.4, -0.2) is 44.4 Å². The Kier molecular flexibility index (Phi) is 5.52. The Morgan fingerprint density at radius 1 is 1.30 bits per heavy atom. The number of aromatic nitrogens is 1. The number of hydrogen-bond donors (Lipinski definition) is 2. The third-order valence-corrected chi connectivity index (χ3v) is 2.89. The van der Waals surface area contributed by atoms with Crippen molar-refractivity contribution in [1.82, 2.24) is 15.8 Å². The van der Waals surface area contributed by atoms with Crippen molar-refractivity contribution in [2.45, 2.75) is 6.42 Å². The summed E-state index contributed by atoms with van der Waals surface area (Å²) in [5.74, 6) is -0.0578. The second-order valence-electron chi connectivity index (χ2n) is 4.39. The quantitative estimate of drug-likeness (QED) is 0.695. The van der Waals surface area contributed by atoms with E-state index in [1.165, 1.54) is 0 Å². The summed E-state index contributed by atoms with van der Waals surface area (Å²) in [5, 5.41) is 10.8. The number of carbonyl (C=O) groups is 1. The zero-order chi connectivity index (χ0) is 14.2. The average Bonchev–Trinajstić information content (AvgIpc) is 2.86. The first-order chi connectivity index (χ1) is 9.81. The van der Waals surface area contributed by atoms with Crippen LogP contribution in [0.5, 0.6) is 0 Å². The number of nitrogens with one attached hydrogen (secondary N) is 2. The molecule has 0 spiro atoms. The van der Waals surface area contributed by atoms with Crippen molar-refractivity contribution in [2.24, 2.45) is 0 Å². The monoisotopic (exact) mass is 277 g/mol. The van der Waals surface area contributed by atoms with Crippen molar-refractivity contribution >= 4 is 16.9 Å². The van der Waals surface area contributed by atoms with E-state index < -0.39 is 0 Å². The van der Waals surface area contributed by atoms with Gasteiger partial charge in [-0.25, -0.2) is 0 Å². The van der Waals surface area contributed by atoms with Crippen molar-refractivity contribution in [1.29, 1.82) is 0 Å². The highest BCUT2D eigenvalue weighted by molar-refractivity contribution is 5.86. The maximum Gasteiger partial charge on any atom is 0.226 e. The summed E-state index contributed by atoms with van der Waals surface area (Å²) in [4.78, 5) is 11.8. The summed E-state index contributed by atoms with van der Waals surface area (Å²) in [6.07, 6.45) is 0.231. The molecule has 2 rings (SSSR count). The molecule has 0 unspecified atom stereocenters. The van der Waals surface area contributed by atoms with Gasteiger partial charge in [-0.3, -0.25) is 4.79 Å². The summed E-state index contributed by atoms with van der Waals surface area (Å²) in [6, 6.07) is 7.52. The molecule has 2 N–H and O–H groups in total. The first-order valence-corrected chi connectivity index (χ1v) is 6.61. The predicted molar refractivity (Wildman–Crippen MR) is 75.5 cm³/mol. The van der Waals surface area contributed by atoms with Crippen LogP contribution in [0.4, 0.5) is 0 Å². The van der Waals surface area contributed by atoms with E-state index in [2.05, 4.69) is 15.8 Å². The molecule has 0 aliphatic rings. The van der Waals surface area contributed by atoms with Crippen molar-refractivity contribution in [3.8, 4) is 0 Å². The SMILES string of the molecule is COCCNCCNC(=O)Cc1noc2ccccc12. The molecule has 1 aromatic carbocycles. The third-order valence-electron chi connectivity index (χ3n) is 2.89. The highest BCUT2D eigenvalue weighted by atomic mass is 16.5. The molecule has 1 amide bonds. The van der Waals surface area contributed by atoms with E-state index in [0.717, 1.165) is 11.9 Å². The topological polar surface area (TPSA) is 76.4 Å². The molecule has 0 fully saturated rings. The third kappa shape index (κ3) is 4.04. The van der Waals surface area contributed by atoms with E-state index in [9.17, 15) is 4.79 Å². The van der Waals surface area contributed by atoms with Crippen LogP contribution in [0.25, 0.3) is 11.0 Å². The largest absolute Gasteiger partial charge is 0.383 e. The molecule has 0 radical (unpaired) electrons. The summed E-state index contributed by atoms with van der Waals surface area (Å²) >= 11 is 0. The fourth-order valence-corrected chi connectivity index (χ4v) is 1.87. The standard InChI is InChI=1S/C14H19N3O3/c1-19-9-8-15-6-7-16-14(18)10-12-11-4-2-3-5-13(11)20-17-12/h2-5,15H,6-10H2,1H3,(H,16,18). The lowest BCUT2D eigenvalue weighted by Gasteiger charge is -2.05. The highest BCUT2D eigenvalue weighted by Crippen LogP contribution is 2.17. The zero-order valence-electron chi connectivity index (χ0n) is 11.5. The van der Waals surface area contributed by atoms with Crippen LogP contribution in [0.3, 0.4) is 0 Å². The van der Waals surface area contributed by atoms with Gasteiger partial charge in [0.2, 0.25) is 5.91 Å². The molecule has 0 aliphatic carbocycles. The fourth-order valence-electron chi connectivity index (χ4n) is 1.87. The lowest BCUT2D eigenvalue weighted by atomic mass is 10.1. The van der Waals surface area contributed by atoms with Gasteiger partial charge in [-0.05, 0) is 12.1 Å². The Balaban J connectivity index is 1.74. The van der Waals surface area contributed by atoms with E-state index in [0.29, 0.717) is 31.0 Å². The van der Waals surface area contributed by atoms with E-state index >= 15 is 0 Å². The van der Waals surface area contributed by atoms with Gasteiger partial charge in [-0.2, -0.15) is 0 Å². The van der Waals surface area contributed by atoms with E-state index in [1.54, 1.807) is 7.11 Å². The number of fused-ring (bicyclic) bond motifs is 1. The van der Waals surface area contributed by atoms with Crippen LogP contribution in [0, 0.1) is 0 Å². The van der Waals surface area contributed by atoms with E-state index in [1.807, 2.05) is 24.3 Å². The number of ether oxygens (including phenoxy) is 1. The molecule has 0 bridgehead atoms. The number of para-hydroxylation sites is 1. The second-order valence-corrected chi connectivity index (χ2v) is 4.39. The number of carbonyl (C=O) groups excluding carboxylic acids is 1. The Labute approximate surface area is 117 Å². The zero-order valence-corrected chi connectivity index (χ0v) is 11.5. The van der Waals surface area contributed by atoms with Gasteiger partial charge in [0, 0.05) is 32.1 Å². The Bertz CT molecular complexity index is 553. The van der Waals surface area contributed by atoms with Crippen molar-refractivity contribution < 1.29 is 14.1 Å². The number of nitrogens with zero attached hydrogens (tertiary/aromatic N) is 1. The average molecular weight is 277 g/mol. The van der Waals surface area contributed by atoms with Crippen LogP contribution < -0.4 is 10.6 Å². The van der Waals surface area contributed by atoms with Gasteiger partial charge in [-0.1, -0.05) is 17.3 Å². The number of amides is 1. The normalized spacial score (nSPS) is 10.8. The fraction of sp³-hybridized carbons (Fsp3) is 0.429. The molecule has 1 aromatic heterocycles. The number of methoxy groups -OCH3 is 1. The maximum atomic E-state index is 11.8. The number of benzene rings is 1. The lowest BCUT2D eigenvalue weighted by molar-refractivity contribution is -0.120. The summed E-state index contributed by atoms with van der Waals surface area (Å²) < 4.78 is 10.1. The molecule has 0 saturated heterocycles. The van der Waals surface area contributed by atoms with E-state index in [-0.39, 0.29) is 12.3 Å². The molecule has 0 aliphatic heterocycles. The van der Waals surface area contributed by atoms with Gasteiger partial charge in [0.05, 0.1) is 13.0 Å². The second kappa shape index (κ2) is 7.62. The summed E-state index contributed by atoms with van der Waals surface area (Å²) in [7, 11) is 1.66. The minimum atomic E-state index is -0.0578. The smallest absolute Gasteiger partial charge is 0.226 e. The van der Waals surface area contributed by atoms with Crippen molar-refractivity contribution in [2.75, 3.05) is 33.4 Å². The number of hydrogen-bond acceptors (Lipinski definition) is 5. The molecule has 0 atom stereocenters. The molecular weight excluding hydrogens is 258 g/mol. The predicted octanol–water partition coefficient (Wildman–Crippen LogP) is 0.722. The molecule has 6 heteroatoms. The van der Waals surface area contributed by atoms with Gasteiger partial charge in [-0.15, -0.1) is 0 Å². The first kappa shape index (κ1) is 14.5. The molecule has 6 nitrogen and oxygen atoms in total. The van der Waals surface area contributed by atoms with Crippen LogP contribution in [-0.2, 0) is 16.0 Å². The van der Waals surface area contributed by atoms with Crippen molar-refractivity contribution in [3.05, 3.63) is 30.0 Å². The van der Waals surface area contributed by atoms with Crippen LogP contribution in [0.2, 0.25) is 0 Å². The lowest BCUT2D eigenvalue weighted by Crippen LogP contribution is -2.33. The molecule has 1 heterocycles. The highest BCUT2D eigenvalue weighted by Gasteiger charge is 2.11. The van der Waals surface area contributed by atoms with E-state index in [4.69, 9.17) is 9.26 Å². The van der Waals surface area contributed by atoms with Gasteiger partial charge in [0.15, 0.2) is 5.58 Å². The Hall–Kier alpha value is -1.92. The van der Waals surface area contributed by atoms with Gasteiger partial charge in [0.1, 0.15) is 5.69 Å². The van der Waals surface area contributed by atoms with Gasteiger partial charge in [0.25, 0.3) is 0 Å². The van der Waals surface area contributed by atoms with Gasteiger partial charge < -0.3 is 19.9 Å². The summed E-state index contributed by atoms with van der Waals surface area (Å²) in [6.45, 7) is 2.74.